The zero-order chi connectivity index (χ0) is 21.5. The van der Waals surface area contributed by atoms with Crippen LogP contribution in [0.1, 0.15) is 40.3 Å². The van der Waals surface area contributed by atoms with E-state index in [9.17, 15) is 9.59 Å². The number of nitrogens with zero attached hydrogens (tertiary/aromatic N) is 1. The van der Waals surface area contributed by atoms with Gasteiger partial charge in [-0.2, -0.15) is 0 Å². The highest BCUT2D eigenvalue weighted by Gasteiger charge is 2.23. The monoisotopic (exact) mass is 424 g/mol. The SMILES string of the molecule is CCOc1ccc(-c2nc(C)c(C(=O)NC(CC(=O)OC)c3ccccc3)s2)cc1. The molecule has 1 amide bonds. The number of hydrogen-bond acceptors (Lipinski definition) is 6. The molecule has 7 heteroatoms. The first-order chi connectivity index (χ1) is 14.5. The van der Waals surface area contributed by atoms with E-state index in [0.29, 0.717) is 17.2 Å². The largest absolute Gasteiger partial charge is 0.494 e. The van der Waals surface area contributed by atoms with E-state index >= 15 is 0 Å². The summed E-state index contributed by atoms with van der Waals surface area (Å²) in [5, 5.41) is 3.71. The fraction of sp³-hybridized carbons (Fsp3) is 0.261. The van der Waals surface area contributed by atoms with Crippen LogP contribution in [0.3, 0.4) is 0 Å². The van der Waals surface area contributed by atoms with E-state index < -0.39 is 6.04 Å². The Balaban J connectivity index is 1.80. The molecule has 1 atom stereocenters. The molecular formula is C23H24N2O4S. The maximum absolute atomic E-state index is 13.0. The van der Waals surface area contributed by atoms with E-state index in [1.165, 1.54) is 18.4 Å². The van der Waals surface area contributed by atoms with Gasteiger partial charge in [-0.05, 0) is 43.7 Å². The van der Waals surface area contributed by atoms with Crippen molar-refractivity contribution >= 4 is 23.2 Å². The molecule has 0 aliphatic heterocycles. The van der Waals surface area contributed by atoms with Gasteiger partial charge in [-0.3, -0.25) is 9.59 Å². The second-order valence-corrected chi connectivity index (χ2v) is 7.61. The number of rotatable bonds is 8. The number of ether oxygens (including phenoxy) is 2. The first kappa shape index (κ1) is 21.5. The number of carbonyl (C=O) groups is 2. The van der Waals surface area contributed by atoms with Crippen LogP contribution in [-0.2, 0) is 9.53 Å². The van der Waals surface area contributed by atoms with E-state index in [0.717, 1.165) is 21.9 Å². The third-order valence-corrected chi connectivity index (χ3v) is 5.73. The number of esters is 1. The molecule has 3 rings (SSSR count). The van der Waals surface area contributed by atoms with Gasteiger partial charge in [0.2, 0.25) is 0 Å². The quantitative estimate of drug-likeness (QED) is 0.537. The zero-order valence-electron chi connectivity index (χ0n) is 17.2. The summed E-state index contributed by atoms with van der Waals surface area (Å²) < 4.78 is 10.3. The van der Waals surface area contributed by atoms with Crippen LogP contribution in [0, 0.1) is 6.92 Å². The van der Waals surface area contributed by atoms with Crippen molar-refractivity contribution in [2.75, 3.05) is 13.7 Å². The number of aryl methyl sites for hydroxylation is 1. The van der Waals surface area contributed by atoms with Gasteiger partial charge in [-0.1, -0.05) is 30.3 Å². The first-order valence-electron chi connectivity index (χ1n) is 9.65. The van der Waals surface area contributed by atoms with Gasteiger partial charge < -0.3 is 14.8 Å². The van der Waals surface area contributed by atoms with Gasteiger partial charge in [0.1, 0.15) is 15.6 Å². The second-order valence-electron chi connectivity index (χ2n) is 6.61. The van der Waals surface area contributed by atoms with Crippen LogP contribution < -0.4 is 10.1 Å². The number of nitrogens with one attached hydrogen (secondary N) is 1. The number of hydrogen-bond donors (Lipinski definition) is 1. The summed E-state index contributed by atoms with van der Waals surface area (Å²) in [4.78, 5) is 29.9. The summed E-state index contributed by atoms with van der Waals surface area (Å²) in [7, 11) is 1.34. The smallest absolute Gasteiger partial charge is 0.307 e. The van der Waals surface area contributed by atoms with Gasteiger partial charge >= 0.3 is 5.97 Å². The molecule has 0 radical (unpaired) electrons. The molecule has 0 saturated carbocycles. The topological polar surface area (TPSA) is 77.5 Å². The molecule has 2 aromatic carbocycles. The fourth-order valence-corrected chi connectivity index (χ4v) is 3.98. The molecule has 0 fully saturated rings. The molecule has 1 unspecified atom stereocenters. The third kappa shape index (κ3) is 5.24. The number of carbonyl (C=O) groups excluding carboxylic acids is 2. The number of methoxy groups -OCH3 is 1. The van der Waals surface area contributed by atoms with Crippen molar-refractivity contribution in [1.82, 2.24) is 10.3 Å². The number of amides is 1. The van der Waals surface area contributed by atoms with Crippen molar-refractivity contribution in [2.45, 2.75) is 26.3 Å². The van der Waals surface area contributed by atoms with Crippen molar-refractivity contribution in [3.63, 3.8) is 0 Å². The van der Waals surface area contributed by atoms with Gasteiger partial charge in [0.15, 0.2) is 0 Å². The fourth-order valence-electron chi connectivity index (χ4n) is 3.00. The Morgan fingerprint density at radius 2 is 1.80 bits per heavy atom. The van der Waals surface area contributed by atoms with Crippen molar-refractivity contribution in [2.24, 2.45) is 0 Å². The molecule has 30 heavy (non-hydrogen) atoms. The molecule has 1 heterocycles. The first-order valence-corrected chi connectivity index (χ1v) is 10.5. The molecular weight excluding hydrogens is 400 g/mol. The Morgan fingerprint density at radius 3 is 2.43 bits per heavy atom. The summed E-state index contributed by atoms with van der Waals surface area (Å²) >= 11 is 1.32. The Hall–Kier alpha value is -3.19. The van der Waals surface area contributed by atoms with E-state index in [2.05, 4.69) is 10.3 Å². The minimum Gasteiger partial charge on any atom is -0.494 e. The van der Waals surface area contributed by atoms with Gasteiger partial charge in [0.25, 0.3) is 5.91 Å². The highest BCUT2D eigenvalue weighted by molar-refractivity contribution is 7.17. The van der Waals surface area contributed by atoms with Crippen LogP contribution in [0.4, 0.5) is 0 Å². The van der Waals surface area contributed by atoms with Crippen LogP contribution >= 0.6 is 11.3 Å². The lowest BCUT2D eigenvalue weighted by Gasteiger charge is -2.18. The van der Waals surface area contributed by atoms with Crippen LogP contribution in [-0.4, -0.2) is 30.6 Å². The van der Waals surface area contributed by atoms with Gasteiger partial charge in [0.05, 0.1) is 31.9 Å². The molecule has 3 aromatic rings. The Morgan fingerprint density at radius 1 is 1.10 bits per heavy atom. The van der Waals surface area contributed by atoms with Crippen LogP contribution in [0.5, 0.6) is 5.75 Å². The zero-order valence-corrected chi connectivity index (χ0v) is 18.0. The molecule has 0 bridgehead atoms. The lowest BCUT2D eigenvalue weighted by atomic mass is 10.0. The number of benzene rings is 2. The van der Waals surface area contributed by atoms with E-state index in [-0.39, 0.29) is 18.3 Å². The predicted molar refractivity (Wildman–Crippen MR) is 117 cm³/mol. The molecule has 0 aliphatic carbocycles. The third-order valence-electron chi connectivity index (χ3n) is 4.52. The summed E-state index contributed by atoms with van der Waals surface area (Å²) in [5.74, 6) is 0.140. The Kier molecular flexibility index (Phi) is 7.19. The van der Waals surface area contributed by atoms with E-state index in [1.807, 2.05) is 61.5 Å². The average molecular weight is 425 g/mol. The highest BCUT2D eigenvalue weighted by atomic mass is 32.1. The number of aromatic nitrogens is 1. The molecule has 6 nitrogen and oxygen atoms in total. The van der Waals surface area contributed by atoms with Gasteiger partial charge in [-0.25, -0.2) is 4.98 Å². The molecule has 156 valence electrons. The second kappa shape index (κ2) is 10.0. The maximum atomic E-state index is 13.0. The molecule has 1 N–H and O–H groups in total. The van der Waals surface area contributed by atoms with Crippen molar-refractivity contribution in [3.8, 4) is 16.3 Å². The van der Waals surface area contributed by atoms with Crippen molar-refractivity contribution < 1.29 is 19.1 Å². The molecule has 0 aliphatic rings. The highest BCUT2D eigenvalue weighted by Crippen LogP contribution is 2.30. The Labute approximate surface area is 179 Å². The molecule has 0 saturated heterocycles. The summed E-state index contributed by atoms with van der Waals surface area (Å²) in [6.45, 7) is 4.35. The summed E-state index contributed by atoms with van der Waals surface area (Å²) in [5.41, 5.74) is 2.40. The average Bonchev–Trinajstić information content (AvgIpc) is 3.16. The molecule has 1 aromatic heterocycles. The van der Waals surface area contributed by atoms with Crippen LogP contribution in [0.15, 0.2) is 54.6 Å². The van der Waals surface area contributed by atoms with Crippen LogP contribution in [0.25, 0.3) is 10.6 Å². The van der Waals surface area contributed by atoms with Gasteiger partial charge in [0, 0.05) is 5.56 Å². The minimum atomic E-state index is -0.485. The van der Waals surface area contributed by atoms with E-state index in [1.54, 1.807) is 6.92 Å². The summed E-state index contributed by atoms with van der Waals surface area (Å²) in [6.07, 6.45) is 0.0514. The predicted octanol–water partition coefficient (Wildman–Crippen LogP) is 4.55. The Bertz CT molecular complexity index is 1000. The summed E-state index contributed by atoms with van der Waals surface area (Å²) in [6, 6.07) is 16.5. The minimum absolute atomic E-state index is 0.0514. The van der Waals surface area contributed by atoms with Crippen molar-refractivity contribution in [3.05, 3.63) is 70.7 Å². The normalized spacial score (nSPS) is 11.6. The molecule has 0 spiro atoms. The lowest BCUT2D eigenvalue weighted by molar-refractivity contribution is -0.141. The van der Waals surface area contributed by atoms with Crippen molar-refractivity contribution in [1.29, 1.82) is 0 Å². The lowest BCUT2D eigenvalue weighted by Crippen LogP contribution is -2.30. The van der Waals surface area contributed by atoms with E-state index in [4.69, 9.17) is 9.47 Å². The van der Waals surface area contributed by atoms with Gasteiger partial charge in [-0.15, -0.1) is 11.3 Å². The van der Waals surface area contributed by atoms with Crippen LogP contribution in [0.2, 0.25) is 0 Å². The standard InChI is InChI=1S/C23H24N2O4S/c1-4-29-18-12-10-17(11-13-18)23-24-15(2)21(30-23)22(27)25-19(14-20(26)28-3)16-8-6-5-7-9-16/h5-13,19H,4,14H2,1-3H3,(H,25,27). The maximum Gasteiger partial charge on any atom is 0.307 e. The number of thiazole rings is 1.